The van der Waals surface area contributed by atoms with Gasteiger partial charge in [0.25, 0.3) is 0 Å². The molecule has 1 atom stereocenters. The summed E-state index contributed by atoms with van der Waals surface area (Å²) in [6, 6.07) is 18.1. The van der Waals surface area contributed by atoms with Crippen molar-refractivity contribution in [2.24, 2.45) is 5.73 Å². The van der Waals surface area contributed by atoms with Crippen LogP contribution in [0.1, 0.15) is 17.3 Å². The zero-order valence-corrected chi connectivity index (χ0v) is 9.77. The lowest BCUT2D eigenvalue weighted by atomic mass is 10.0. The van der Waals surface area contributed by atoms with Crippen LogP contribution in [0.4, 0.5) is 5.69 Å². The van der Waals surface area contributed by atoms with Gasteiger partial charge in [0.2, 0.25) is 0 Å². The van der Waals surface area contributed by atoms with Crippen molar-refractivity contribution < 1.29 is 0 Å². The molecule has 17 heavy (non-hydrogen) atoms. The van der Waals surface area contributed by atoms with E-state index in [2.05, 4.69) is 18.3 Å². The molecule has 0 saturated carbocycles. The van der Waals surface area contributed by atoms with Gasteiger partial charge in [-0.25, -0.2) is 0 Å². The number of hydrogen-bond acceptors (Lipinski definition) is 2. The van der Waals surface area contributed by atoms with Gasteiger partial charge in [-0.15, -0.1) is 0 Å². The van der Waals surface area contributed by atoms with Crippen LogP contribution in [0.3, 0.4) is 0 Å². The normalized spacial score (nSPS) is 12.1. The van der Waals surface area contributed by atoms with E-state index in [1.165, 1.54) is 5.56 Å². The summed E-state index contributed by atoms with van der Waals surface area (Å²) >= 11 is 0. The maximum Gasteiger partial charge on any atom is 0.101 e. The topological polar surface area (TPSA) is 38.0 Å². The number of nitrogens with two attached hydrogens (primary N) is 1. The van der Waals surface area contributed by atoms with Crippen molar-refractivity contribution >= 4 is 5.69 Å². The highest BCUT2D eigenvalue weighted by molar-refractivity contribution is 5.46. The first-order valence-corrected chi connectivity index (χ1v) is 5.75. The lowest BCUT2D eigenvalue weighted by molar-refractivity contribution is 0.822. The molecule has 1 unspecified atom stereocenters. The highest BCUT2D eigenvalue weighted by atomic mass is 15.0. The Morgan fingerprint density at radius 1 is 1.00 bits per heavy atom. The van der Waals surface area contributed by atoms with Crippen molar-refractivity contribution in [2.45, 2.75) is 12.6 Å². The van der Waals surface area contributed by atoms with Crippen LogP contribution in [0.5, 0.6) is 0 Å². The summed E-state index contributed by atoms with van der Waals surface area (Å²) < 4.78 is 0. The van der Waals surface area contributed by atoms with E-state index in [0.717, 1.165) is 17.7 Å². The number of rotatable bonds is 4. The zero-order valence-electron chi connectivity index (χ0n) is 9.77. The third-order valence-electron chi connectivity index (χ3n) is 2.76. The molecule has 2 aromatic rings. The molecule has 0 aliphatic heterocycles. The molecule has 0 bridgehead atoms. The number of hydrogen-bond donors (Lipinski definition) is 2. The molecule has 87 valence electrons. The molecule has 2 nitrogen and oxygen atoms in total. The standard InChI is InChI=1S/C15H17N2/c1-2-12-8-6-7-11-14(12)15(16)17-13-9-4-3-5-10-13/h3-11,15,17H,1-2,16H2. The molecule has 0 aromatic heterocycles. The minimum atomic E-state index is -0.199. The van der Waals surface area contributed by atoms with E-state index in [9.17, 15) is 0 Å². The van der Waals surface area contributed by atoms with Crippen molar-refractivity contribution in [1.29, 1.82) is 0 Å². The fourth-order valence-electron chi connectivity index (χ4n) is 1.86. The first-order chi connectivity index (χ1) is 8.31. The second-order valence-corrected chi connectivity index (χ2v) is 3.94. The molecule has 2 rings (SSSR count). The Labute approximate surface area is 102 Å². The van der Waals surface area contributed by atoms with Crippen LogP contribution < -0.4 is 11.1 Å². The van der Waals surface area contributed by atoms with Gasteiger partial charge in [-0.05, 0) is 36.6 Å². The SMILES string of the molecule is [CH2]Cc1ccccc1C(N)Nc1ccccc1. The van der Waals surface area contributed by atoms with Gasteiger partial charge in [-0.2, -0.15) is 0 Å². The van der Waals surface area contributed by atoms with Crippen LogP contribution in [0.25, 0.3) is 0 Å². The molecule has 3 N–H and O–H groups in total. The predicted molar refractivity (Wildman–Crippen MR) is 72.5 cm³/mol. The van der Waals surface area contributed by atoms with E-state index < -0.39 is 0 Å². The predicted octanol–water partition coefficient (Wildman–Crippen LogP) is 3.13. The summed E-state index contributed by atoms with van der Waals surface area (Å²) in [7, 11) is 0. The van der Waals surface area contributed by atoms with E-state index in [4.69, 9.17) is 5.73 Å². The molecule has 1 radical (unpaired) electrons. The van der Waals surface area contributed by atoms with Gasteiger partial charge in [0.1, 0.15) is 6.17 Å². The lowest BCUT2D eigenvalue weighted by Crippen LogP contribution is -2.21. The smallest absolute Gasteiger partial charge is 0.101 e. The average molecular weight is 225 g/mol. The van der Waals surface area contributed by atoms with Crippen LogP contribution in [-0.2, 0) is 6.42 Å². The summed E-state index contributed by atoms with van der Waals surface area (Å²) in [6.45, 7) is 3.92. The Balaban J connectivity index is 2.17. The first-order valence-electron chi connectivity index (χ1n) is 5.75. The third kappa shape index (κ3) is 2.86. The summed E-state index contributed by atoms with van der Waals surface area (Å²) in [5.41, 5.74) is 9.48. The van der Waals surface area contributed by atoms with Crippen LogP contribution in [0.2, 0.25) is 0 Å². The van der Waals surface area contributed by atoms with Crippen LogP contribution in [0, 0.1) is 6.92 Å². The molecule has 0 aliphatic rings. The summed E-state index contributed by atoms with van der Waals surface area (Å²) in [4.78, 5) is 0. The number of anilines is 1. The van der Waals surface area contributed by atoms with Gasteiger partial charge < -0.3 is 11.1 Å². The van der Waals surface area contributed by atoms with Gasteiger partial charge in [-0.3, -0.25) is 0 Å². The average Bonchev–Trinajstić information content (AvgIpc) is 2.40. The third-order valence-corrected chi connectivity index (χ3v) is 2.76. The monoisotopic (exact) mass is 225 g/mol. The van der Waals surface area contributed by atoms with E-state index in [0.29, 0.717) is 0 Å². The molecule has 0 amide bonds. The van der Waals surface area contributed by atoms with Crippen molar-refractivity contribution in [1.82, 2.24) is 0 Å². The Morgan fingerprint density at radius 2 is 1.65 bits per heavy atom. The molecule has 0 aliphatic carbocycles. The number of benzene rings is 2. The van der Waals surface area contributed by atoms with Crippen molar-refractivity contribution in [3.05, 3.63) is 72.6 Å². The fraction of sp³-hybridized carbons (Fsp3) is 0.133. The summed E-state index contributed by atoms with van der Waals surface area (Å²) in [5, 5.41) is 3.28. The highest BCUT2D eigenvalue weighted by Gasteiger charge is 2.08. The van der Waals surface area contributed by atoms with Crippen LogP contribution in [-0.4, -0.2) is 0 Å². The fourth-order valence-corrected chi connectivity index (χ4v) is 1.86. The maximum atomic E-state index is 6.16. The molecule has 0 heterocycles. The molecule has 0 spiro atoms. The first kappa shape index (κ1) is 11.7. The largest absolute Gasteiger partial charge is 0.366 e. The van der Waals surface area contributed by atoms with E-state index in [1.54, 1.807) is 0 Å². The molecular weight excluding hydrogens is 208 g/mol. The minimum absolute atomic E-state index is 0.199. The van der Waals surface area contributed by atoms with Crippen LogP contribution >= 0.6 is 0 Å². The van der Waals surface area contributed by atoms with Crippen molar-refractivity contribution in [3.63, 3.8) is 0 Å². The maximum absolute atomic E-state index is 6.16. The Hall–Kier alpha value is -1.80. The number of nitrogens with one attached hydrogen (secondary N) is 1. The Bertz CT molecular complexity index is 465. The molecule has 0 fully saturated rings. The lowest BCUT2D eigenvalue weighted by Gasteiger charge is -2.18. The molecule has 2 heteroatoms. The second-order valence-electron chi connectivity index (χ2n) is 3.94. The van der Waals surface area contributed by atoms with E-state index in [1.807, 2.05) is 48.5 Å². The molecule has 2 aromatic carbocycles. The Kier molecular flexibility index (Phi) is 3.78. The van der Waals surface area contributed by atoms with Crippen molar-refractivity contribution in [2.75, 3.05) is 5.32 Å². The van der Waals surface area contributed by atoms with Gasteiger partial charge in [0.05, 0.1) is 0 Å². The van der Waals surface area contributed by atoms with Gasteiger partial charge in [0.15, 0.2) is 0 Å². The van der Waals surface area contributed by atoms with E-state index in [-0.39, 0.29) is 6.17 Å². The Morgan fingerprint density at radius 3 is 2.35 bits per heavy atom. The highest BCUT2D eigenvalue weighted by Crippen LogP contribution is 2.19. The molecule has 0 saturated heterocycles. The van der Waals surface area contributed by atoms with Gasteiger partial charge in [0, 0.05) is 5.69 Å². The summed E-state index contributed by atoms with van der Waals surface area (Å²) in [6.07, 6.45) is 0.552. The van der Waals surface area contributed by atoms with Gasteiger partial charge >= 0.3 is 0 Å². The summed E-state index contributed by atoms with van der Waals surface area (Å²) in [5.74, 6) is 0. The van der Waals surface area contributed by atoms with E-state index >= 15 is 0 Å². The zero-order chi connectivity index (χ0) is 12.1. The minimum Gasteiger partial charge on any atom is -0.366 e. The van der Waals surface area contributed by atoms with Gasteiger partial charge in [-0.1, -0.05) is 42.5 Å². The number of para-hydroxylation sites is 1. The second kappa shape index (κ2) is 5.51. The quantitative estimate of drug-likeness (QED) is 0.784. The van der Waals surface area contributed by atoms with Crippen LogP contribution in [0.15, 0.2) is 54.6 Å². The van der Waals surface area contributed by atoms with Crippen molar-refractivity contribution in [3.8, 4) is 0 Å². The molecular formula is C15H17N2.